The van der Waals surface area contributed by atoms with E-state index >= 15 is 0 Å². The number of benzene rings is 1. The molecule has 0 aliphatic carbocycles. The topological polar surface area (TPSA) is 43.6 Å². The number of hydrogen-bond acceptors (Lipinski definition) is 4. The van der Waals surface area contributed by atoms with Crippen LogP contribution in [0.3, 0.4) is 0 Å². The molecule has 0 atom stereocenters. The van der Waals surface area contributed by atoms with Crippen LogP contribution >= 0.6 is 11.5 Å². The zero-order valence-electron chi connectivity index (χ0n) is 8.72. The van der Waals surface area contributed by atoms with Gasteiger partial charge in [0.05, 0.1) is 11.0 Å². The van der Waals surface area contributed by atoms with Crippen LogP contribution in [0.2, 0.25) is 0 Å². The maximum Gasteiger partial charge on any atom is 0.452 e. The molecule has 0 amide bonds. The van der Waals surface area contributed by atoms with Crippen molar-refractivity contribution in [3.05, 3.63) is 36.4 Å². The summed E-state index contributed by atoms with van der Waals surface area (Å²) in [5.74, 6) is -1.12. The molecule has 0 aliphatic rings. The number of rotatable bonds is 1. The molecule has 18 heavy (non-hydrogen) atoms. The second kappa shape index (κ2) is 3.77. The summed E-state index contributed by atoms with van der Waals surface area (Å²) in [7, 11) is 0. The van der Waals surface area contributed by atoms with E-state index in [1.807, 2.05) is 0 Å². The van der Waals surface area contributed by atoms with Gasteiger partial charge in [-0.15, -0.1) is 0 Å². The molecule has 0 spiro atoms. The molecule has 3 aromatic rings. The fraction of sp³-hybridized carbons (Fsp3) is 0.100. The fourth-order valence-electron chi connectivity index (χ4n) is 1.54. The number of alkyl halides is 3. The van der Waals surface area contributed by atoms with Crippen LogP contribution in [0.25, 0.3) is 16.2 Å². The SMILES string of the molecule is FC(F)(F)c1nsc(-n2cnc3ccccc32)n1. The molecule has 0 radical (unpaired) electrons. The Labute approximate surface area is 103 Å². The molecular weight excluding hydrogens is 265 g/mol. The first-order valence-electron chi connectivity index (χ1n) is 4.89. The number of nitrogens with zero attached hydrogens (tertiary/aromatic N) is 4. The van der Waals surface area contributed by atoms with E-state index in [1.165, 1.54) is 10.9 Å². The Kier molecular flexibility index (Phi) is 2.34. The number of aromatic nitrogens is 4. The van der Waals surface area contributed by atoms with Gasteiger partial charge in [-0.05, 0) is 12.1 Å². The quantitative estimate of drug-likeness (QED) is 0.683. The third-order valence-electron chi connectivity index (χ3n) is 2.33. The molecule has 0 bridgehead atoms. The first-order valence-corrected chi connectivity index (χ1v) is 5.66. The van der Waals surface area contributed by atoms with E-state index in [4.69, 9.17) is 0 Å². The molecule has 0 N–H and O–H groups in total. The smallest absolute Gasteiger partial charge is 0.273 e. The van der Waals surface area contributed by atoms with Gasteiger partial charge in [-0.1, -0.05) is 12.1 Å². The molecular formula is C10H5F3N4S. The van der Waals surface area contributed by atoms with Crippen LogP contribution in [0, 0.1) is 0 Å². The van der Waals surface area contributed by atoms with Crippen molar-refractivity contribution in [3.8, 4) is 5.13 Å². The third-order valence-corrected chi connectivity index (χ3v) is 3.04. The number of para-hydroxylation sites is 2. The highest BCUT2D eigenvalue weighted by Gasteiger charge is 2.36. The van der Waals surface area contributed by atoms with Crippen molar-refractivity contribution in [1.82, 2.24) is 18.9 Å². The second-order valence-corrected chi connectivity index (χ2v) is 4.23. The van der Waals surface area contributed by atoms with Gasteiger partial charge < -0.3 is 0 Å². The van der Waals surface area contributed by atoms with Crippen LogP contribution in [0.15, 0.2) is 30.6 Å². The lowest BCUT2D eigenvalue weighted by molar-refractivity contribution is -0.144. The summed E-state index contributed by atoms with van der Waals surface area (Å²) < 4.78 is 42.0. The number of hydrogen-bond donors (Lipinski definition) is 0. The van der Waals surface area contributed by atoms with Gasteiger partial charge in [-0.3, -0.25) is 4.57 Å². The summed E-state index contributed by atoms with van der Waals surface area (Å²) in [4.78, 5) is 7.57. The Balaban J connectivity index is 2.13. The Morgan fingerprint density at radius 1 is 1.17 bits per heavy atom. The highest BCUT2D eigenvalue weighted by Crippen LogP contribution is 2.29. The molecule has 0 aliphatic heterocycles. The first-order chi connectivity index (χ1) is 8.55. The van der Waals surface area contributed by atoms with E-state index in [0.717, 1.165) is 0 Å². The van der Waals surface area contributed by atoms with Gasteiger partial charge in [0.2, 0.25) is 11.0 Å². The average Bonchev–Trinajstić information content (AvgIpc) is 2.94. The van der Waals surface area contributed by atoms with Crippen molar-refractivity contribution in [1.29, 1.82) is 0 Å². The molecule has 8 heteroatoms. The van der Waals surface area contributed by atoms with Gasteiger partial charge >= 0.3 is 6.18 Å². The molecule has 2 heterocycles. The summed E-state index contributed by atoms with van der Waals surface area (Å²) in [5.41, 5.74) is 1.39. The molecule has 0 saturated carbocycles. The van der Waals surface area contributed by atoms with Crippen molar-refractivity contribution in [2.45, 2.75) is 6.18 Å². The van der Waals surface area contributed by atoms with Crippen LogP contribution < -0.4 is 0 Å². The largest absolute Gasteiger partial charge is 0.452 e. The minimum Gasteiger partial charge on any atom is -0.273 e. The zero-order valence-corrected chi connectivity index (χ0v) is 9.53. The van der Waals surface area contributed by atoms with E-state index in [9.17, 15) is 13.2 Å². The summed E-state index contributed by atoms with van der Waals surface area (Å²) in [5, 5.41) is 0.149. The molecule has 1 aromatic carbocycles. The lowest BCUT2D eigenvalue weighted by Gasteiger charge is -1.99. The highest BCUT2D eigenvalue weighted by atomic mass is 32.1. The summed E-state index contributed by atoms with van der Waals surface area (Å²) in [6.45, 7) is 0. The van der Waals surface area contributed by atoms with Crippen LogP contribution in [0.5, 0.6) is 0 Å². The lowest BCUT2D eigenvalue weighted by Crippen LogP contribution is -2.07. The molecule has 92 valence electrons. The third kappa shape index (κ3) is 1.74. The monoisotopic (exact) mass is 270 g/mol. The lowest BCUT2D eigenvalue weighted by atomic mass is 10.3. The molecule has 0 unspecified atom stereocenters. The summed E-state index contributed by atoms with van der Waals surface area (Å²) >= 11 is 0.691. The molecule has 4 nitrogen and oxygen atoms in total. The van der Waals surface area contributed by atoms with Gasteiger partial charge in [0.1, 0.15) is 6.33 Å². The van der Waals surface area contributed by atoms with Crippen LogP contribution in [-0.2, 0) is 6.18 Å². The first kappa shape index (κ1) is 11.1. The number of halogens is 3. The van der Waals surface area contributed by atoms with Crippen LogP contribution in [0.1, 0.15) is 5.82 Å². The Morgan fingerprint density at radius 3 is 2.67 bits per heavy atom. The van der Waals surface area contributed by atoms with Crippen LogP contribution in [-0.4, -0.2) is 18.9 Å². The molecule has 0 fully saturated rings. The Morgan fingerprint density at radius 2 is 1.94 bits per heavy atom. The van der Waals surface area contributed by atoms with E-state index < -0.39 is 12.0 Å². The maximum atomic E-state index is 12.4. The van der Waals surface area contributed by atoms with E-state index in [2.05, 4.69) is 14.3 Å². The average molecular weight is 270 g/mol. The van der Waals surface area contributed by atoms with Crippen molar-refractivity contribution < 1.29 is 13.2 Å². The fourth-order valence-corrected chi connectivity index (χ4v) is 2.21. The minimum absolute atomic E-state index is 0.149. The van der Waals surface area contributed by atoms with Gasteiger partial charge in [0, 0.05) is 11.5 Å². The normalized spacial score (nSPS) is 12.2. The number of fused-ring (bicyclic) bond motifs is 1. The number of imidazole rings is 1. The van der Waals surface area contributed by atoms with Gasteiger partial charge in [-0.25, -0.2) is 4.98 Å². The van der Waals surface area contributed by atoms with E-state index in [1.54, 1.807) is 24.3 Å². The highest BCUT2D eigenvalue weighted by molar-refractivity contribution is 7.08. The molecule has 0 saturated heterocycles. The second-order valence-electron chi connectivity index (χ2n) is 3.50. The van der Waals surface area contributed by atoms with E-state index in [0.29, 0.717) is 22.6 Å². The zero-order chi connectivity index (χ0) is 12.8. The minimum atomic E-state index is -4.52. The summed E-state index contributed by atoms with van der Waals surface area (Å²) in [6.07, 6.45) is -3.09. The van der Waals surface area contributed by atoms with Crippen molar-refractivity contribution in [2.75, 3.05) is 0 Å². The summed E-state index contributed by atoms with van der Waals surface area (Å²) in [6, 6.07) is 7.13. The van der Waals surface area contributed by atoms with Gasteiger partial charge in [0.15, 0.2) is 0 Å². The molecule has 2 aromatic heterocycles. The Hall–Kier alpha value is -1.96. The Bertz CT molecular complexity index is 700. The standard InChI is InChI=1S/C10H5F3N4S/c11-10(12,13)8-15-9(18-16-8)17-5-14-6-3-1-2-4-7(6)17/h1-5H. The van der Waals surface area contributed by atoms with Crippen molar-refractivity contribution in [2.24, 2.45) is 0 Å². The van der Waals surface area contributed by atoms with Crippen molar-refractivity contribution in [3.63, 3.8) is 0 Å². The predicted molar refractivity (Wildman–Crippen MR) is 59.5 cm³/mol. The van der Waals surface area contributed by atoms with E-state index in [-0.39, 0.29) is 5.13 Å². The van der Waals surface area contributed by atoms with Crippen LogP contribution in [0.4, 0.5) is 13.2 Å². The molecule has 3 rings (SSSR count). The van der Waals surface area contributed by atoms with Crippen molar-refractivity contribution >= 4 is 22.6 Å². The van der Waals surface area contributed by atoms with Gasteiger partial charge in [-0.2, -0.15) is 22.5 Å². The predicted octanol–water partition coefficient (Wildman–Crippen LogP) is 2.90. The van der Waals surface area contributed by atoms with Gasteiger partial charge in [0.25, 0.3) is 0 Å². The maximum absolute atomic E-state index is 12.4.